The summed E-state index contributed by atoms with van der Waals surface area (Å²) in [5, 5.41) is 18.8. The van der Waals surface area contributed by atoms with Crippen molar-refractivity contribution < 1.29 is 19.8 Å². The van der Waals surface area contributed by atoms with Gasteiger partial charge in [-0.25, -0.2) is 4.79 Å². The summed E-state index contributed by atoms with van der Waals surface area (Å²) in [6.07, 6.45) is 0.0588. The maximum atomic E-state index is 12.0. The van der Waals surface area contributed by atoms with Crippen LogP contribution in [0.15, 0.2) is 9.93 Å². The second-order valence-corrected chi connectivity index (χ2v) is 7.50. The highest BCUT2D eigenvalue weighted by Crippen LogP contribution is 2.54. The van der Waals surface area contributed by atoms with Gasteiger partial charge in [-0.05, 0) is 13.3 Å². The molecular weight excluding hydrogens is 300 g/mol. The summed E-state index contributed by atoms with van der Waals surface area (Å²) in [7, 11) is 0. The highest BCUT2D eigenvalue weighted by atomic mass is 32.2. The number of hydrogen-bond donors (Lipinski definition) is 3. The molecule has 2 rings (SSSR count). The van der Waals surface area contributed by atoms with E-state index in [4.69, 9.17) is 5.73 Å². The summed E-state index contributed by atoms with van der Waals surface area (Å²) >= 11 is 2.76. The first-order valence-electron chi connectivity index (χ1n) is 6.44. The Morgan fingerprint density at radius 2 is 2.25 bits per heavy atom. The van der Waals surface area contributed by atoms with E-state index in [1.54, 1.807) is 6.92 Å². The zero-order valence-electron chi connectivity index (χ0n) is 11.3. The number of fused-ring (bicyclic) bond motifs is 1. The van der Waals surface area contributed by atoms with Gasteiger partial charge in [0, 0.05) is 11.8 Å². The van der Waals surface area contributed by atoms with Gasteiger partial charge >= 0.3 is 5.97 Å². The minimum Gasteiger partial charge on any atom is -0.477 e. The molecule has 1 amide bonds. The second-order valence-electron chi connectivity index (χ2n) is 4.81. The molecule has 0 aliphatic carbocycles. The largest absolute Gasteiger partial charge is 0.477 e. The van der Waals surface area contributed by atoms with Crippen molar-refractivity contribution in [3.05, 3.63) is 9.93 Å². The molecule has 1 fully saturated rings. The van der Waals surface area contributed by atoms with E-state index >= 15 is 0 Å². The summed E-state index contributed by atoms with van der Waals surface area (Å²) in [4.78, 5) is 24.7. The standard InChI is InChI=1S/C12H18N2O4S2/c1-3-6(4-13)19-12-8(11(17)18)14-9(16)7(5(2)15)10(14)20-12/h5-7,10,15H,3-4,13H2,1-2H3,(H,17,18)/t5?,6?,7?,10-/m1/s1. The normalized spacial score (nSPS) is 28.2. The van der Waals surface area contributed by atoms with Crippen LogP contribution in [0.3, 0.4) is 0 Å². The Morgan fingerprint density at radius 3 is 2.70 bits per heavy atom. The van der Waals surface area contributed by atoms with Crippen molar-refractivity contribution in [2.75, 3.05) is 6.54 Å². The number of thioether (sulfide) groups is 2. The molecule has 8 heteroatoms. The molecule has 0 aromatic rings. The van der Waals surface area contributed by atoms with E-state index in [0.29, 0.717) is 10.8 Å². The number of β-lactam (4-membered cyclic amide) rings is 1. The molecule has 2 aliphatic heterocycles. The molecule has 6 nitrogen and oxygen atoms in total. The fourth-order valence-electron chi connectivity index (χ4n) is 2.28. The summed E-state index contributed by atoms with van der Waals surface area (Å²) < 4.78 is 0.622. The SMILES string of the molecule is CCC(CN)SC1=C(C(=O)O)N2C(=O)C(C(C)O)[C@H]2S1. The Hall–Kier alpha value is -0.700. The van der Waals surface area contributed by atoms with E-state index < -0.39 is 18.0 Å². The van der Waals surface area contributed by atoms with E-state index in [-0.39, 0.29) is 22.2 Å². The molecule has 0 aromatic carbocycles. The third-order valence-corrected chi connectivity index (χ3v) is 6.46. The zero-order valence-corrected chi connectivity index (χ0v) is 12.9. The average Bonchev–Trinajstić information content (AvgIpc) is 2.69. The predicted molar refractivity (Wildman–Crippen MR) is 78.8 cm³/mol. The Bertz CT molecular complexity index is 462. The van der Waals surface area contributed by atoms with Crippen LogP contribution in [0.5, 0.6) is 0 Å². The first kappa shape index (κ1) is 15.7. The van der Waals surface area contributed by atoms with Gasteiger partial charge in [-0.15, -0.1) is 11.8 Å². The molecule has 112 valence electrons. The van der Waals surface area contributed by atoms with Crippen LogP contribution >= 0.6 is 23.5 Å². The average molecular weight is 318 g/mol. The number of hydrogen-bond acceptors (Lipinski definition) is 6. The lowest BCUT2D eigenvalue weighted by atomic mass is 9.92. The number of carbonyl (C=O) groups excluding carboxylic acids is 1. The fourth-order valence-corrected chi connectivity index (χ4v) is 5.39. The minimum absolute atomic E-state index is 0.0406. The number of nitrogens with zero attached hydrogens (tertiary/aromatic N) is 1. The monoisotopic (exact) mass is 318 g/mol. The van der Waals surface area contributed by atoms with Crippen LogP contribution in [-0.2, 0) is 9.59 Å². The van der Waals surface area contributed by atoms with Gasteiger partial charge in [-0.1, -0.05) is 18.7 Å². The summed E-state index contributed by atoms with van der Waals surface area (Å²) in [5.74, 6) is -1.94. The van der Waals surface area contributed by atoms with Crippen molar-refractivity contribution in [1.29, 1.82) is 0 Å². The molecule has 0 spiro atoms. The maximum Gasteiger partial charge on any atom is 0.354 e. The lowest BCUT2D eigenvalue weighted by Crippen LogP contribution is -2.60. The van der Waals surface area contributed by atoms with Crippen LogP contribution in [0, 0.1) is 5.92 Å². The van der Waals surface area contributed by atoms with Crippen LogP contribution in [0.1, 0.15) is 20.3 Å². The second kappa shape index (κ2) is 5.97. The van der Waals surface area contributed by atoms with Crippen LogP contribution in [-0.4, -0.2) is 50.3 Å². The molecule has 4 N–H and O–H groups in total. The number of carboxylic acid groups (broad SMARTS) is 1. The molecule has 2 heterocycles. The highest BCUT2D eigenvalue weighted by molar-refractivity contribution is 8.23. The number of carbonyl (C=O) groups is 2. The molecule has 20 heavy (non-hydrogen) atoms. The number of carboxylic acids is 1. The van der Waals surface area contributed by atoms with Crippen molar-refractivity contribution in [3.8, 4) is 0 Å². The van der Waals surface area contributed by atoms with E-state index in [2.05, 4.69) is 0 Å². The third-order valence-electron chi connectivity index (χ3n) is 3.46. The Kier molecular flexibility index (Phi) is 4.68. The summed E-state index contributed by atoms with van der Waals surface area (Å²) in [6, 6.07) is 0. The number of aliphatic carboxylic acids is 1. The number of amides is 1. The van der Waals surface area contributed by atoms with Crippen molar-refractivity contribution in [2.24, 2.45) is 11.7 Å². The quantitative estimate of drug-likeness (QED) is 0.617. The summed E-state index contributed by atoms with van der Waals surface area (Å²) in [6.45, 7) is 4.00. The van der Waals surface area contributed by atoms with Gasteiger partial charge in [0.25, 0.3) is 0 Å². The lowest BCUT2D eigenvalue weighted by Gasteiger charge is -2.43. The van der Waals surface area contributed by atoms with Gasteiger partial charge in [-0.2, -0.15) is 0 Å². The van der Waals surface area contributed by atoms with Gasteiger partial charge in [0.1, 0.15) is 5.37 Å². The molecule has 0 bridgehead atoms. The predicted octanol–water partition coefficient (Wildman–Crippen LogP) is 0.623. The fraction of sp³-hybridized carbons (Fsp3) is 0.667. The van der Waals surface area contributed by atoms with Crippen LogP contribution in [0.4, 0.5) is 0 Å². The van der Waals surface area contributed by atoms with Crippen molar-refractivity contribution in [3.63, 3.8) is 0 Å². The lowest BCUT2D eigenvalue weighted by molar-refractivity contribution is -0.156. The van der Waals surface area contributed by atoms with Crippen molar-refractivity contribution >= 4 is 35.4 Å². The number of aliphatic hydroxyl groups is 1. The van der Waals surface area contributed by atoms with E-state index in [1.165, 1.54) is 28.4 Å². The maximum absolute atomic E-state index is 12.0. The van der Waals surface area contributed by atoms with Crippen LogP contribution in [0.25, 0.3) is 0 Å². The Labute approximate surface area is 125 Å². The first-order valence-corrected chi connectivity index (χ1v) is 8.20. The summed E-state index contributed by atoms with van der Waals surface area (Å²) in [5.41, 5.74) is 5.69. The smallest absolute Gasteiger partial charge is 0.354 e. The van der Waals surface area contributed by atoms with Crippen LogP contribution < -0.4 is 5.73 Å². The van der Waals surface area contributed by atoms with Gasteiger partial charge in [-0.3, -0.25) is 9.69 Å². The highest BCUT2D eigenvalue weighted by Gasteiger charge is 2.57. The van der Waals surface area contributed by atoms with Gasteiger partial charge < -0.3 is 15.9 Å². The molecule has 0 aromatic heterocycles. The van der Waals surface area contributed by atoms with E-state index in [1.807, 2.05) is 6.92 Å². The molecule has 0 radical (unpaired) electrons. The van der Waals surface area contributed by atoms with Crippen molar-refractivity contribution in [2.45, 2.75) is 37.0 Å². The van der Waals surface area contributed by atoms with Gasteiger partial charge in [0.05, 0.1) is 16.3 Å². The van der Waals surface area contributed by atoms with Gasteiger partial charge in [0.15, 0.2) is 5.70 Å². The minimum atomic E-state index is -1.10. The molecular formula is C12H18N2O4S2. The number of aliphatic hydroxyl groups excluding tert-OH is 1. The molecule has 2 aliphatic rings. The van der Waals surface area contributed by atoms with Gasteiger partial charge in [0.2, 0.25) is 5.91 Å². The topological polar surface area (TPSA) is 104 Å². The number of rotatable bonds is 6. The van der Waals surface area contributed by atoms with E-state index in [0.717, 1.165) is 6.42 Å². The Balaban J connectivity index is 2.23. The zero-order chi connectivity index (χ0) is 15.0. The third kappa shape index (κ3) is 2.45. The molecule has 0 saturated carbocycles. The Morgan fingerprint density at radius 1 is 1.60 bits per heavy atom. The molecule has 1 saturated heterocycles. The van der Waals surface area contributed by atoms with Crippen LogP contribution in [0.2, 0.25) is 0 Å². The molecule has 3 unspecified atom stereocenters. The van der Waals surface area contributed by atoms with Crippen molar-refractivity contribution in [1.82, 2.24) is 4.90 Å². The molecule has 4 atom stereocenters. The number of nitrogens with two attached hydrogens (primary N) is 1. The van der Waals surface area contributed by atoms with E-state index in [9.17, 15) is 19.8 Å². The first-order chi connectivity index (χ1) is 9.42.